The maximum absolute atomic E-state index is 14.2. The Bertz CT molecular complexity index is 2990. The number of ether oxygens (including phenoxy) is 18. The summed E-state index contributed by atoms with van der Waals surface area (Å²) in [6.45, 7) is 14.7. The molecular weight excluding hydrogens is 1160 g/mol. The fraction of sp³-hybridized carbons (Fsp3) is 0.457. The van der Waals surface area contributed by atoms with Gasteiger partial charge in [-0.3, -0.25) is 9.59 Å². The third-order valence-corrected chi connectivity index (χ3v) is 14.9. The Balaban J connectivity index is 0.775. The molecule has 0 bridgehead atoms. The first-order valence-corrected chi connectivity index (χ1v) is 31.2. The zero-order valence-electron chi connectivity index (χ0n) is 52.1. The summed E-state index contributed by atoms with van der Waals surface area (Å²) in [5.74, 6) is 6.04. The van der Waals surface area contributed by atoms with Crippen LogP contribution < -0.4 is 56.8 Å². The van der Waals surface area contributed by atoms with Crippen LogP contribution in [0.4, 0.5) is 0 Å². The number of hydrogen-bond donors (Lipinski definition) is 0. The smallest absolute Gasteiger partial charge is 0.193 e. The largest absolute Gasteiger partial charge is 0.487 e. The minimum atomic E-state index is -0.273. The SMILES string of the molecule is CCC(C)c1ccc2c(c1)OCCOCCOc1cc(C(=O)c3ccc4c(c3)OCCOCCOc3ccc(C(=O)c5ccc6c(c5)OCCOCCOc5cc(C(C)CC)ccc5OCCOCCO6)cc3OCCOCCO4)ccc1OCCOCCO2. The van der Waals surface area contributed by atoms with Gasteiger partial charge >= 0.3 is 0 Å². The molecule has 0 aromatic heterocycles. The second-order valence-electron chi connectivity index (χ2n) is 21.2. The van der Waals surface area contributed by atoms with Gasteiger partial charge in [0.15, 0.2) is 80.6 Å². The predicted octanol–water partition coefficient (Wildman–Crippen LogP) is 11.0. The molecule has 3 aliphatic rings. The van der Waals surface area contributed by atoms with Crippen molar-refractivity contribution < 1.29 is 94.9 Å². The van der Waals surface area contributed by atoms with E-state index in [9.17, 15) is 9.59 Å². The number of carbonyl (C=O) groups is 2. The average molecular weight is 1250 g/mol. The Kier molecular flexibility index (Phi) is 26.6. The van der Waals surface area contributed by atoms with Crippen LogP contribution in [0.25, 0.3) is 0 Å². The molecule has 9 rings (SSSR count). The standard InChI is InChI=1S/C70H84O20/c1-5-49(3)51-7-13-57-63(43-51)85-37-25-77-29-41-89-67-47-55(9-15-59(67)81-33-21-73-19-31-79-57)69(71)53-11-17-61-65(45-53)87-39-27-75-24-36-84-62-18-12-54(46-66(62)88-40-28-76-23-35-83-61)70(72)56-10-16-60-68(48-56)90-42-30-78-26-38-86-64-44-52(50(4)6-2)8-14-58(64)80-32-20-74-22-34-82-60/h7-18,43-50H,5-6,19-42H2,1-4H3. The average Bonchev–Trinajstić information content (AvgIpc) is 1.57. The second kappa shape index (κ2) is 36.0. The Hall–Kier alpha value is -7.98. The third kappa shape index (κ3) is 20.0. The van der Waals surface area contributed by atoms with Gasteiger partial charge in [-0.05, 0) is 133 Å². The fourth-order valence-electron chi connectivity index (χ4n) is 9.60. The van der Waals surface area contributed by atoms with Gasteiger partial charge in [0.1, 0.15) is 79.3 Å². The van der Waals surface area contributed by atoms with Crippen LogP contribution in [0.2, 0.25) is 0 Å². The Morgan fingerprint density at radius 1 is 0.256 bits per heavy atom. The van der Waals surface area contributed by atoms with E-state index in [4.69, 9.17) is 85.3 Å². The summed E-state index contributed by atoms with van der Waals surface area (Å²) in [4.78, 5) is 28.4. The topological polar surface area (TPSA) is 200 Å². The Morgan fingerprint density at radius 3 is 0.633 bits per heavy atom. The van der Waals surface area contributed by atoms with E-state index in [0.29, 0.717) is 169 Å². The maximum Gasteiger partial charge on any atom is 0.193 e. The van der Waals surface area contributed by atoms with Crippen molar-refractivity contribution in [1.82, 2.24) is 0 Å². The van der Waals surface area contributed by atoms with Gasteiger partial charge in [-0.25, -0.2) is 0 Å². The second-order valence-corrected chi connectivity index (χ2v) is 21.2. The van der Waals surface area contributed by atoms with Crippen molar-refractivity contribution in [3.63, 3.8) is 0 Å². The number of ketones is 2. The van der Waals surface area contributed by atoms with Gasteiger partial charge in [0.2, 0.25) is 0 Å². The molecule has 0 spiro atoms. The van der Waals surface area contributed by atoms with E-state index in [1.54, 1.807) is 72.8 Å². The van der Waals surface area contributed by atoms with E-state index in [2.05, 4.69) is 39.8 Å². The van der Waals surface area contributed by atoms with E-state index in [-0.39, 0.29) is 104 Å². The van der Waals surface area contributed by atoms with Gasteiger partial charge in [-0.15, -0.1) is 0 Å². The highest BCUT2D eigenvalue weighted by atomic mass is 16.6. The first kappa shape index (κ1) is 66.4. The molecule has 484 valence electrons. The predicted molar refractivity (Wildman–Crippen MR) is 334 cm³/mol. The molecule has 3 aliphatic heterocycles. The van der Waals surface area contributed by atoms with Crippen LogP contribution in [-0.4, -0.2) is 170 Å². The first-order chi connectivity index (χ1) is 44.2. The van der Waals surface area contributed by atoms with Gasteiger partial charge < -0.3 is 85.3 Å². The normalized spacial score (nSPS) is 17.4. The number of hydrogen-bond acceptors (Lipinski definition) is 20. The highest BCUT2D eigenvalue weighted by molar-refractivity contribution is 6.10. The molecule has 6 aromatic rings. The van der Waals surface area contributed by atoms with E-state index in [1.807, 2.05) is 24.3 Å². The van der Waals surface area contributed by atoms with Gasteiger partial charge in [0.25, 0.3) is 0 Å². The van der Waals surface area contributed by atoms with Crippen LogP contribution in [0.3, 0.4) is 0 Å². The molecule has 0 aliphatic carbocycles. The number of benzene rings is 6. The summed E-state index contributed by atoms with van der Waals surface area (Å²) in [6, 6.07) is 32.3. The minimum absolute atomic E-state index is 0.139. The quantitative estimate of drug-likeness (QED) is 0.130. The van der Waals surface area contributed by atoms with Crippen LogP contribution in [0.1, 0.15) is 95.3 Å². The number of carbonyl (C=O) groups excluding carboxylic acids is 2. The lowest BCUT2D eigenvalue weighted by atomic mass is 9.98. The summed E-state index contributed by atoms with van der Waals surface area (Å²) >= 11 is 0. The molecule has 20 nitrogen and oxygen atoms in total. The fourth-order valence-corrected chi connectivity index (χ4v) is 9.60. The van der Waals surface area contributed by atoms with Crippen LogP contribution >= 0.6 is 0 Å². The zero-order valence-corrected chi connectivity index (χ0v) is 52.1. The van der Waals surface area contributed by atoms with Crippen LogP contribution in [-0.2, 0) is 28.4 Å². The van der Waals surface area contributed by atoms with Gasteiger partial charge in [0, 0.05) is 22.3 Å². The first-order valence-electron chi connectivity index (χ1n) is 31.2. The van der Waals surface area contributed by atoms with E-state index < -0.39 is 0 Å². The van der Waals surface area contributed by atoms with Crippen LogP contribution in [0.15, 0.2) is 109 Å². The maximum atomic E-state index is 14.2. The summed E-state index contributed by atoms with van der Waals surface area (Å²) in [5.41, 5.74) is 3.82. The van der Waals surface area contributed by atoms with Crippen molar-refractivity contribution in [3.8, 4) is 69.0 Å². The van der Waals surface area contributed by atoms with Crippen molar-refractivity contribution in [2.24, 2.45) is 0 Å². The molecule has 0 fully saturated rings. The molecule has 2 unspecified atom stereocenters. The molecule has 2 atom stereocenters. The number of fused-ring (bicyclic) bond motifs is 6. The van der Waals surface area contributed by atoms with Crippen LogP contribution in [0, 0.1) is 0 Å². The Labute approximate surface area is 526 Å². The van der Waals surface area contributed by atoms with Crippen molar-refractivity contribution in [2.45, 2.75) is 52.4 Å². The third-order valence-electron chi connectivity index (χ3n) is 14.9. The van der Waals surface area contributed by atoms with Gasteiger partial charge in [0.05, 0.1) is 79.3 Å². The highest BCUT2D eigenvalue weighted by Gasteiger charge is 2.21. The molecule has 3 heterocycles. The molecule has 0 amide bonds. The highest BCUT2D eigenvalue weighted by Crippen LogP contribution is 2.37. The Morgan fingerprint density at radius 2 is 0.433 bits per heavy atom. The van der Waals surface area contributed by atoms with Crippen molar-refractivity contribution in [1.29, 1.82) is 0 Å². The summed E-state index contributed by atoms with van der Waals surface area (Å²) in [5, 5.41) is 0. The summed E-state index contributed by atoms with van der Waals surface area (Å²) < 4.78 is 109. The van der Waals surface area contributed by atoms with Crippen LogP contribution in [0.5, 0.6) is 69.0 Å². The minimum Gasteiger partial charge on any atom is -0.487 e. The monoisotopic (exact) mass is 1240 g/mol. The van der Waals surface area contributed by atoms with E-state index in [1.165, 1.54) is 11.1 Å². The van der Waals surface area contributed by atoms with Crippen molar-refractivity contribution in [3.05, 3.63) is 143 Å². The lowest BCUT2D eigenvalue weighted by molar-refractivity contribution is 0.0639. The lowest BCUT2D eigenvalue weighted by Gasteiger charge is -2.18. The zero-order chi connectivity index (χ0) is 62.5. The molecule has 0 saturated carbocycles. The molecular formula is C70H84O20. The van der Waals surface area contributed by atoms with Crippen molar-refractivity contribution in [2.75, 3.05) is 159 Å². The molecule has 0 saturated heterocycles. The number of rotatable bonds is 8. The molecule has 6 aromatic carbocycles. The van der Waals surface area contributed by atoms with Gasteiger partial charge in [-0.2, -0.15) is 0 Å². The molecule has 0 radical (unpaired) electrons. The molecule has 20 heteroatoms. The van der Waals surface area contributed by atoms with Crippen molar-refractivity contribution >= 4 is 11.6 Å². The van der Waals surface area contributed by atoms with Gasteiger partial charge in [-0.1, -0.05) is 39.8 Å². The lowest BCUT2D eigenvalue weighted by Crippen LogP contribution is -2.16. The van der Waals surface area contributed by atoms with E-state index in [0.717, 1.165) is 12.8 Å². The molecule has 90 heavy (non-hydrogen) atoms. The summed E-state index contributed by atoms with van der Waals surface area (Å²) in [6.07, 6.45) is 2.01. The molecule has 0 N–H and O–H groups in total. The summed E-state index contributed by atoms with van der Waals surface area (Å²) in [7, 11) is 0. The van der Waals surface area contributed by atoms with E-state index >= 15 is 0 Å².